The van der Waals surface area contributed by atoms with Gasteiger partial charge >= 0.3 is 0 Å². The molecule has 5 nitrogen and oxygen atoms in total. The number of rotatable bonds is 6. The lowest BCUT2D eigenvalue weighted by atomic mass is 10.0. The predicted octanol–water partition coefficient (Wildman–Crippen LogP) is 3.35. The molecule has 2 atom stereocenters. The van der Waals surface area contributed by atoms with E-state index in [-0.39, 0.29) is 12.2 Å². The second kappa shape index (κ2) is 6.72. The zero-order chi connectivity index (χ0) is 16.3. The van der Waals surface area contributed by atoms with Gasteiger partial charge in [-0.3, -0.25) is 0 Å². The molecule has 124 valence electrons. The second-order valence-corrected chi connectivity index (χ2v) is 6.23. The quantitative estimate of drug-likeness (QED) is 0.820. The van der Waals surface area contributed by atoms with E-state index in [1.165, 1.54) is 0 Å². The molecule has 1 saturated heterocycles. The van der Waals surface area contributed by atoms with Crippen molar-refractivity contribution in [3.8, 4) is 5.75 Å². The van der Waals surface area contributed by atoms with Crippen molar-refractivity contribution in [2.24, 2.45) is 0 Å². The molecular weight excluding hydrogens is 292 g/mol. The molecule has 0 bridgehead atoms. The summed E-state index contributed by atoms with van der Waals surface area (Å²) in [4.78, 5) is 4.08. The number of hydrogen-bond acceptors (Lipinski definition) is 4. The molecule has 0 N–H and O–H groups in total. The highest BCUT2D eigenvalue weighted by Gasteiger charge is 2.41. The van der Waals surface area contributed by atoms with Crippen molar-refractivity contribution >= 4 is 0 Å². The first-order chi connectivity index (χ1) is 11.1. The number of nitrogens with zero attached hydrogens (tertiary/aromatic N) is 2. The summed E-state index contributed by atoms with van der Waals surface area (Å²) in [6.07, 6.45) is 6.53. The molecule has 1 aliphatic rings. The Morgan fingerprint density at radius 3 is 2.70 bits per heavy atom. The number of hydrogen-bond donors (Lipinski definition) is 0. The maximum atomic E-state index is 6.16. The first-order valence-electron chi connectivity index (χ1n) is 8.12. The monoisotopic (exact) mass is 316 g/mol. The van der Waals surface area contributed by atoms with Crippen LogP contribution >= 0.6 is 0 Å². The minimum absolute atomic E-state index is 0.0874. The Bertz CT molecular complexity index is 610. The number of ether oxygens (including phenoxy) is 3. The number of aromatic nitrogens is 2. The maximum Gasteiger partial charge on any atom is 0.197 e. The molecule has 0 amide bonds. The fraction of sp³-hybridized carbons (Fsp3) is 0.500. The summed E-state index contributed by atoms with van der Waals surface area (Å²) < 4.78 is 20.0. The highest BCUT2D eigenvalue weighted by atomic mass is 16.7. The SMILES string of the molecule is CC(C)Oc1ccc(C2(CCn3ccnc3)OCC(C)O2)cc1. The lowest BCUT2D eigenvalue weighted by Crippen LogP contribution is -2.29. The van der Waals surface area contributed by atoms with Gasteiger partial charge in [0.15, 0.2) is 5.79 Å². The van der Waals surface area contributed by atoms with E-state index in [2.05, 4.69) is 4.98 Å². The van der Waals surface area contributed by atoms with Crippen molar-refractivity contribution in [3.63, 3.8) is 0 Å². The molecule has 3 rings (SSSR count). The molecule has 1 aromatic heterocycles. The van der Waals surface area contributed by atoms with Crippen LogP contribution in [0.2, 0.25) is 0 Å². The molecule has 23 heavy (non-hydrogen) atoms. The normalized spacial score (nSPS) is 24.3. The van der Waals surface area contributed by atoms with Gasteiger partial charge in [-0.25, -0.2) is 4.98 Å². The van der Waals surface area contributed by atoms with E-state index >= 15 is 0 Å². The highest BCUT2D eigenvalue weighted by Crippen LogP contribution is 2.38. The highest BCUT2D eigenvalue weighted by molar-refractivity contribution is 5.30. The average Bonchev–Trinajstić information content (AvgIpc) is 3.16. The van der Waals surface area contributed by atoms with Gasteiger partial charge in [-0.2, -0.15) is 0 Å². The van der Waals surface area contributed by atoms with Crippen LogP contribution in [0.25, 0.3) is 0 Å². The van der Waals surface area contributed by atoms with Gasteiger partial charge < -0.3 is 18.8 Å². The van der Waals surface area contributed by atoms with E-state index in [9.17, 15) is 0 Å². The van der Waals surface area contributed by atoms with Crippen LogP contribution in [0.4, 0.5) is 0 Å². The summed E-state index contributed by atoms with van der Waals surface area (Å²) in [7, 11) is 0. The molecule has 0 aliphatic carbocycles. The Morgan fingerprint density at radius 1 is 1.35 bits per heavy atom. The van der Waals surface area contributed by atoms with Crippen molar-refractivity contribution < 1.29 is 14.2 Å². The summed E-state index contributed by atoms with van der Waals surface area (Å²) in [5, 5.41) is 0. The van der Waals surface area contributed by atoms with Crippen LogP contribution in [0.1, 0.15) is 32.8 Å². The van der Waals surface area contributed by atoms with Gasteiger partial charge in [0.05, 0.1) is 25.1 Å². The molecule has 1 fully saturated rings. The van der Waals surface area contributed by atoms with E-state index in [0.29, 0.717) is 6.61 Å². The third-order valence-electron chi connectivity index (χ3n) is 3.87. The lowest BCUT2D eigenvalue weighted by molar-refractivity contribution is -0.182. The van der Waals surface area contributed by atoms with Crippen LogP contribution in [-0.2, 0) is 21.8 Å². The maximum absolute atomic E-state index is 6.16. The number of imidazole rings is 1. The molecule has 0 saturated carbocycles. The van der Waals surface area contributed by atoms with Crippen LogP contribution in [0.3, 0.4) is 0 Å². The largest absolute Gasteiger partial charge is 0.491 e. The molecule has 2 heterocycles. The molecule has 1 aromatic carbocycles. The molecule has 2 unspecified atom stereocenters. The van der Waals surface area contributed by atoms with Crippen molar-refractivity contribution in [3.05, 3.63) is 48.5 Å². The predicted molar refractivity (Wildman–Crippen MR) is 87.2 cm³/mol. The van der Waals surface area contributed by atoms with Gasteiger partial charge in [-0.05, 0) is 45.0 Å². The van der Waals surface area contributed by atoms with E-state index < -0.39 is 5.79 Å². The number of benzene rings is 1. The van der Waals surface area contributed by atoms with Gasteiger partial charge in [0.1, 0.15) is 5.75 Å². The van der Waals surface area contributed by atoms with Crippen LogP contribution in [-0.4, -0.2) is 28.4 Å². The summed E-state index contributed by atoms with van der Waals surface area (Å²) in [5.74, 6) is 0.166. The van der Waals surface area contributed by atoms with E-state index in [4.69, 9.17) is 14.2 Å². The van der Waals surface area contributed by atoms with E-state index in [1.54, 1.807) is 6.20 Å². The van der Waals surface area contributed by atoms with Crippen LogP contribution in [0.15, 0.2) is 43.0 Å². The molecule has 2 aromatic rings. The van der Waals surface area contributed by atoms with Gasteiger partial charge in [-0.1, -0.05) is 0 Å². The zero-order valence-electron chi connectivity index (χ0n) is 13.9. The summed E-state index contributed by atoms with van der Waals surface area (Å²) in [6, 6.07) is 8.02. The van der Waals surface area contributed by atoms with E-state index in [1.807, 2.05) is 62.1 Å². The first-order valence-corrected chi connectivity index (χ1v) is 8.12. The Balaban J connectivity index is 1.78. The minimum atomic E-state index is -0.694. The molecule has 5 heteroatoms. The lowest BCUT2D eigenvalue weighted by Gasteiger charge is -2.29. The molecule has 1 aliphatic heterocycles. The Hall–Kier alpha value is -1.85. The van der Waals surface area contributed by atoms with Crippen LogP contribution in [0, 0.1) is 0 Å². The molecule has 0 spiro atoms. The third kappa shape index (κ3) is 3.74. The van der Waals surface area contributed by atoms with Crippen LogP contribution in [0.5, 0.6) is 5.75 Å². The Morgan fingerprint density at radius 2 is 2.13 bits per heavy atom. The smallest absolute Gasteiger partial charge is 0.197 e. The first kappa shape index (κ1) is 16.0. The van der Waals surface area contributed by atoms with Gasteiger partial charge in [0.2, 0.25) is 0 Å². The second-order valence-electron chi connectivity index (χ2n) is 6.23. The molecular formula is C18H24N2O3. The minimum Gasteiger partial charge on any atom is -0.491 e. The van der Waals surface area contributed by atoms with Crippen molar-refractivity contribution in [2.45, 2.75) is 51.7 Å². The summed E-state index contributed by atoms with van der Waals surface area (Å²) >= 11 is 0. The summed E-state index contributed by atoms with van der Waals surface area (Å²) in [5.41, 5.74) is 1.03. The average molecular weight is 316 g/mol. The van der Waals surface area contributed by atoms with Crippen molar-refractivity contribution in [1.29, 1.82) is 0 Å². The van der Waals surface area contributed by atoms with Gasteiger partial charge in [0, 0.05) is 30.9 Å². The zero-order valence-corrected chi connectivity index (χ0v) is 13.9. The molecule has 0 radical (unpaired) electrons. The van der Waals surface area contributed by atoms with Crippen molar-refractivity contribution in [2.75, 3.05) is 6.61 Å². The van der Waals surface area contributed by atoms with Crippen molar-refractivity contribution in [1.82, 2.24) is 9.55 Å². The van der Waals surface area contributed by atoms with E-state index in [0.717, 1.165) is 24.3 Å². The number of aryl methyl sites for hydroxylation is 1. The van der Waals surface area contributed by atoms with Gasteiger partial charge in [0.25, 0.3) is 0 Å². The standard InChI is InChI=1S/C18H24N2O3/c1-14(2)22-17-6-4-16(5-7-17)18(21-12-15(3)23-18)8-10-20-11-9-19-13-20/h4-7,9,11,13-15H,8,10,12H2,1-3H3. The fourth-order valence-corrected chi connectivity index (χ4v) is 2.83. The topological polar surface area (TPSA) is 45.5 Å². The third-order valence-corrected chi connectivity index (χ3v) is 3.87. The summed E-state index contributed by atoms with van der Waals surface area (Å²) in [6.45, 7) is 7.47. The Kier molecular flexibility index (Phi) is 4.68. The fourth-order valence-electron chi connectivity index (χ4n) is 2.83. The van der Waals surface area contributed by atoms with Gasteiger partial charge in [-0.15, -0.1) is 0 Å². The Labute approximate surface area is 137 Å². The van der Waals surface area contributed by atoms with Crippen LogP contribution < -0.4 is 4.74 Å².